The highest BCUT2D eigenvalue weighted by atomic mass is 19.1. The van der Waals surface area contributed by atoms with Crippen molar-refractivity contribution in [2.24, 2.45) is 23.7 Å². The first-order valence-corrected chi connectivity index (χ1v) is 17.3. The van der Waals surface area contributed by atoms with E-state index in [0.717, 1.165) is 0 Å². The summed E-state index contributed by atoms with van der Waals surface area (Å²) in [6.45, 7) is 6.90. The number of ether oxygens (including phenoxy) is 2. The number of amides is 3. The number of likely N-dealkylation sites (tertiary alicyclic amines) is 1. The van der Waals surface area contributed by atoms with Gasteiger partial charge in [0.2, 0.25) is 17.6 Å². The number of rotatable bonds is 9. The maximum absolute atomic E-state index is 14.1. The number of esters is 1. The number of nitrogens with one attached hydrogen (secondary N) is 2. The van der Waals surface area contributed by atoms with Crippen LogP contribution in [0.3, 0.4) is 0 Å². The first kappa shape index (κ1) is 35.3. The van der Waals surface area contributed by atoms with Gasteiger partial charge in [-0.05, 0) is 115 Å². The maximum atomic E-state index is 14.1. The van der Waals surface area contributed by atoms with Crippen molar-refractivity contribution < 1.29 is 42.3 Å². The van der Waals surface area contributed by atoms with E-state index in [0.29, 0.717) is 81.0 Å². The van der Waals surface area contributed by atoms with Crippen LogP contribution in [0.2, 0.25) is 0 Å². The molecule has 0 unspecified atom stereocenters. The number of fused-ring (bicyclic) bond motifs is 1. The molecule has 1 aliphatic heterocycles. The molecular formula is C36H48FN3O8. The van der Waals surface area contributed by atoms with Gasteiger partial charge in [-0.1, -0.05) is 0 Å². The minimum absolute atomic E-state index is 0.0722. The normalized spacial score (nSPS) is 24.3. The molecule has 3 amide bonds. The number of carbonyl (C=O) groups excluding carboxylic acids is 5. The summed E-state index contributed by atoms with van der Waals surface area (Å²) in [5, 5.41) is 6.31. The van der Waals surface area contributed by atoms with E-state index < -0.39 is 36.4 Å². The molecule has 2 aliphatic carbocycles. The second-order valence-corrected chi connectivity index (χ2v) is 14.4. The van der Waals surface area contributed by atoms with Gasteiger partial charge in [0.25, 0.3) is 0 Å². The van der Waals surface area contributed by atoms with Crippen LogP contribution in [-0.4, -0.2) is 72.1 Å². The van der Waals surface area contributed by atoms with Crippen molar-refractivity contribution in [2.75, 3.05) is 25.1 Å². The van der Waals surface area contributed by atoms with E-state index >= 15 is 0 Å². The molecule has 262 valence electrons. The van der Waals surface area contributed by atoms with E-state index in [1.54, 1.807) is 56.9 Å². The fourth-order valence-corrected chi connectivity index (χ4v) is 7.67. The fraction of sp³-hybridized carbons (Fsp3) is 0.639. The molecule has 2 aromatic rings. The molecule has 1 aromatic carbocycles. The number of anilines is 1. The molecular weight excluding hydrogens is 621 g/mol. The average Bonchev–Trinajstić information content (AvgIpc) is 3.68. The van der Waals surface area contributed by atoms with Crippen LogP contribution < -0.4 is 10.6 Å². The molecule has 1 aromatic heterocycles. The van der Waals surface area contributed by atoms with Gasteiger partial charge in [-0.2, -0.15) is 0 Å². The van der Waals surface area contributed by atoms with Crippen LogP contribution >= 0.6 is 0 Å². The van der Waals surface area contributed by atoms with Gasteiger partial charge >= 0.3 is 12.1 Å². The summed E-state index contributed by atoms with van der Waals surface area (Å²) in [6, 6.07) is 5.28. The summed E-state index contributed by atoms with van der Waals surface area (Å²) >= 11 is 0. The first-order valence-electron chi connectivity index (χ1n) is 17.3. The van der Waals surface area contributed by atoms with Crippen LogP contribution in [0, 0.1) is 23.7 Å². The van der Waals surface area contributed by atoms with Crippen molar-refractivity contribution in [2.45, 2.75) is 103 Å². The molecule has 2 saturated carbocycles. The van der Waals surface area contributed by atoms with Crippen molar-refractivity contribution in [3.05, 3.63) is 30.0 Å². The van der Waals surface area contributed by atoms with Crippen LogP contribution in [0.15, 0.2) is 28.7 Å². The number of alkyl carbamates (subject to hydrolysis) is 1. The SMILES string of the molecule is CCOC(=O)c1cc2cc(NC(=O)[C@H]3[C@@H](C4CCC(=O)CC4)CCN3C(=O)C3CCC([C@@H](CF)NC(=O)OC(C)(C)C)CC3)ccc2o1. The Bertz CT molecular complexity index is 1500. The molecule has 0 spiro atoms. The van der Waals surface area contributed by atoms with Crippen molar-refractivity contribution >= 4 is 46.3 Å². The molecule has 0 bridgehead atoms. The van der Waals surface area contributed by atoms with Crippen molar-refractivity contribution in [1.82, 2.24) is 10.2 Å². The summed E-state index contributed by atoms with van der Waals surface area (Å²) in [6.07, 6.45) is 4.59. The third kappa shape index (κ3) is 8.36. The molecule has 48 heavy (non-hydrogen) atoms. The van der Waals surface area contributed by atoms with Crippen LogP contribution in [-0.2, 0) is 23.9 Å². The zero-order valence-electron chi connectivity index (χ0n) is 28.3. The monoisotopic (exact) mass is 669 g/mol. The lowest BCUT2D eigenvalue weighted by atomic mass is 9.75. The number of Topliss-reactive ketones (excluding diaryl/α,β-unsaturated/α-hetero) is 1. The Kier molecular flexibility index (Phi) is 11.1. The van der Waals surface area contributed by atoms with Gasteiger partial charge in [-0.3, -0.25) is 14.4 Å². The standard InChI is InChI=1S/C36H48FN3O8/c1-5-46-34(44)30-19-24-18-25(12-15-29(24)47-30)38-32(42)31-27(21-10-13-26(41)14-11-21)16-17-40(31)33(43)23-8-6-22(7-9-23)28(20-37)39-35(45)48-36(2,3)4/h12,15,18-19,21-23,27-28,31H,5-11,13-14,16-17,20H2,1-4H3,(H,38,42)(H,39,45)/t22?,23?,27-,28-,31-/m1/s1. The minimum atomic E-state index is -0.725. The maximum Gasteiger partial charge on any atom is 0.407 e. The quantitative estimate of drug-likeness (QED) is 0.301. The summed E-state index contributed by atoms with van der Waals surface area (Å²) in [4.78, 5) is 66.4. The van der Waals surface area contributed by atoms with Crippen molar-refractivity contribution in [1.29, 1.82) is 0 Å². The first-order chi connectivity index (χ1) is 22.9. The smallest absolute Gasteiger partial charge is 0.407 e. The molecule has 3 atom stereocenters. The van der Waals surface area contributed by atoms with Crippen LogP contribution in [0.5, 0.6) is 0 Å². The number of carbonyl (C=O) groups is 5. The van der Waals surface area contributed by atoms with Gasteiger partial charge in [0.1, 0.15) is 29.7 Å². The summed E-state index contributed by atoms with van der Waals surface area (Å²) in [7, 11) is 0. The highest BCUT2D eigenvalue weighted by molar-refractivity contribution is 6.00. The Morgan fingerprint density at radius 2 is 1.73 bits per heavy atom. The van der Waals surface area contributed by atoms with E-state index in [1.807, 2.05) is 0 Å². The minimum Gasteiger partial charge on any atom is -0.460 e. The number of furan rings is 1. The molecule has 3 aliphatic rings. The lowest BCUT2D eigenvalue weighted by Gasteiger charge is -2.37. The van der Waals surface area contributed by atoms with Gasteiger partial charge < -0.3 is 29.4 Å². The molecule has 2 heterocycles. The lowest BCUT2D eigenvalue weighted by Crippen LogP contribution is -2.50. The molecule has 11 nitrogen and oxygen atoms in total. The highest BCUT2D eigenvalue weighted by Crippen LogP contribution is 2.41. The third-order valence-electron chi connectivity index (χ3n) is 10.0. The lowest BCUT2D eigenvalue weighted by molar-refractivity contribution is -0.142. The van der Waals surface area contributed by atoms with Crippen LogP contribution in [0.4, 0.5) is 14.9 Å². The van der Waals surface area contributed by atoms with Gasteiger partial charge in [0.05, 0.1) is 12.6 Å². The number of nitrogens with zero attached hydrogens (tertiary/aromatic N) is 1. The number of hydrogen-bond acceptors (Lipinski definition) is 8. The second-order valence-electron chi connectivity index (χ2n) is 14.4. The molecule has 12 heteroatoms. The van der Waals surface area contributed by atoms with Crippen molar-refractivity contribution in [3.8, 4) is 0 Å². The zero-order chi connectivity index (χ0) is 34.6. The second kappa shape index (κ2) is 15.1. The predicted molar refractivity (Wildman–Crippen MR) is 176 cm³/mol. The van der Waals surface area contributed by atoms with Gasteiger partial charge in [0, 0.05) is 36.4 Å². The Hall–Kier alpha value is -3.96. The largest absolute Gasteiger partial charge is 0.460 e. The van der Waals surface area contributed by atoms with Crippen LogP contribution in [0.1, 0.15) is 96.0 Å². The van der Waals surface area contributed by atoms with Gasteiger partial charge in [-0.15, -0.1) is 0 Å². The predicted octanol–water partition coefficient (Wildman–Crippen LogP) is 6.19. The Morgan fingerprint density at radius 1 is 1.02 bits per heavy atom. The van der Waals surface area contributed by atoms with E-state index in [2.05, 4.69) is 10.6 Å². The molecule has 2 N–H and O–H groups in total. The van der Waals surface area contributed by atoms with E-state index in [-0.39, 0.29) is 53.6 Å². The number of ketones is 1. The summed E-state index contributed by atoms with van der Waals surface area (Å²) < 4.78 is 30.0. The average molecular weight is 670 g/mol. The zero-order valence-corrected chi connectivity index (χ0v) is 28.3. The van der Waals surface area contributed by atoms with E-state index in [1.165, 1.54) is 0 Å². The van der Waals surface area contributed by atoms with Crippen molar-refractivity contribution in [3.63, 3.8) is 0 Å². The fourth-order valence-electron chi connectivity index (χ4n) is 7.67. The van der Waals surface area contributed by atoms with Gasteiger partial charge in [-0.25, -0.2) is 14.0 Å². The molecule has 3 fully saturated rings. The van der Waals surface area contributed by atoms with Crippen LogP contribution in [0.25, 0.3) is 11.0 Å². The van der Waals surface area contributed by atoms with E-state index in [9.17, 15) is 28.4 Å². The Morgan fingerprint density at radius 3 is 2.38 bits per heavy atom. The topological polar surface area (TPSA) is 144 Å². The highest BCUT2D eigenvalue weighted by Gasteiger charge is 2.47. The number of alkyl halides is 1. The molecule has 0 radical (unpaired) electrons. The number of halogens is 1. The Labute approximate surface area is 280 Å². The third-order valence-corrected chi connectivity index (χ3v) is 10.0. The molecule has 5 rings (SSSR count). The summed E-state index contributed by atoms with van der Waals surface area (Å²) in [5.74, 6) is -0.996. The number of hydrogen-bond donors (Lipinski definition) is 2. The van der Waals surface area contributed by atoms with Gasteiger partial charge in [0.15, 0.2) is 0 Å². The molecule has 1 saturated heterocycles. The number of benzene rings is 1. The Balaban J connectivity index is 1.28. The summed E-state index contributed by atoms with van der Waals surface area (Å²) in [5.41, 5.74) is 0.291. The van der Waals surface area contributed by atoms with E-state index in [4.69, 9.17) is 13.9 Å².